The second-order valence-corrected chi connectivity index (χ2v) is 4.58. The summed E-state index contributed by atoms with van der Waals surface area (Å²) < 4.78 is 1.37. The summed E-state index contributed by atoms with van der Waals surface area (Å²) in [5.41, 5.74) is 5.22. The zero-order valence-electron chi connectivity index (χ0n) is 10.8. The Balaban J connectivity index is 2.41. The highest BCUT2D eigenvalue weighted by Crippen LogP contribution is 2.24. The van der Waals surface area contributed by atoms with Crippen LogP contribution >= 0.6 is 0 Å². The number of rotatable bonds is 5. The number of nitrogens with two attached hydrogens (primary N) is 1. The monoisotopic (exact) mass is 267 g/mol. The summed E-state index contributed by atoms with van der Waals surface area (Å²) >= 11 is 0. The molecule has 1 saturated heterocycles. The van der Waals surface area contributed by atoms with E-state index < -0.39 is 10.8 Å². The number of aryl methyl sites for hydroxylation is 1. The van der Waals surface area contributed by atoms with Crippen LogP contribution in [-0.2, 0) is 13.1 Å². The third-order valence-corrected chi connectivity index (χ3v) is 3.28. The third-order valence-electron chi connectivity index (χ3n) is 3.28. The van der Waals surface area contributed by atoms with E-state index in [0.29, 0.717) is 18.8 Å². The Hall–Kier alpha value is -1.96. The van der Waals surface area contributed by atoms with Gasteiger partial charge >= 0.3 is 5.69 Å². The average molecular weight is 267 g/mol. The van der Waals surface area contributed by atoms with Gasteiger partial charge in [-0.1, -0.05) is 6.92 Å². The highest BCUT2D eigenvalue weighted by Gasteiger charge is 2.31. The molecule has 0 spiro atoms. The molecule has 1 fully saturated rings. The van der Waals surface area contributed by atoms with Crippen molar-refractivity contribution in [1.82, 2.24) is 14.7 Å². The maximum atomic E-state index is 11.5. The summed E-state index contributed by atoms with van der Waals surface area (Å²) in [6.45, 7) is 3.96. The number of hydrogen-bond donors (Lipinski definition) is 1. The number of carbonyl (C=O) groups excluding carboxylic acids is 1. The smallest absolute Gasteiger partial charge is 0.323 e. The van der Waals surface area contributed by atoms with E-state index in [1.165, 1.54) is 4.68 Å². The summed E-state index contributed by atoms with van der Waals surface area (Å²) in [4.78, 5) is 24.1. The van der Waals surface area contributed by atoms with Gasteiger partial charge in [0.15, 0.2) is 0 Å². The molecule has 0 saturated carbocycles. The van der Waals surface area contributed by atoms with Crippen molar-refractivity contribution in [2.75, 3.05) is 13.1 Å². The van der Waals surface area contributed by atoms with Gasteiger partial charge in [-0.3, -0.25) is 19.8 Å². The molecule has 0 atom stereocenters. The molecule has 0 unspecified atom stereocenters. The van der Waals surface area contributed by atoms with Gasteiger partial charge in [-0.05, 0) is 32.4 Å². The number of aromatic nitrogens is 2. The fraction of sp³-hybridized carbons (Fsp3) is 0.636. The Bertz CT molecular complexity index is 505. The summed E-state index contributed by atoms with van der Waals surface area (Å²) in [6, 6.07) is 0. The average Bonchev–Trinajstić information content (AvgIpc) is 2.96. The van der Waals surface area contributed by atoms with Gasteiger partial charge < -0.3 is 5.73 Å². The minimum atomic E-state index is -0.807. The number of amides is 1. The predicted molar refractivity (Wildman–Crippen MR) is 67.6 cm³/mol. The molecule has 19 heavy (non-hydrogen) atoms. The lowest BCUT2D eigenvalue weighted by Crippen LogP contribution is -2.27. The van der Waals surface area contributed by atoms with Crippen LogP contribution in [0.2, 0.25) is 0 Å². The molecule has 0 radical (unpaired) electrons. The summed E-state index contributed by atoms with van der Waals surface area (Å²) in [6.07, 6.45) is 2.58. The first kappa shape index (κ1) is 13.5. The number of carbonyl (C=O) groups is 1. The molecule has 8 nitrogen and oxygen atoms in total. The number of nitrogens with zero attached hydrogens (tertiary/aromatic N) is 4. The first-order valence-electron chi connectivity index (χ1n) is 6.30. The fourth-order valence-corrected chi connectivity index (χ4v) is 2.39. The van der Waals surface area contributed by atoms with Crippen LogP contribution in [0, 0.1) is 10.1 Å². The summed E-state index contributed by atoms with van der Waals surface area (Å²) in [5, 5.41) is 15.3. The van der Waals surface area contributed by atoms with Gasteiger partial charge in [0, 0.05) is 0 Å². The third kappa shape index (κ3) is 2.58. The zero-order chi connectivity index (χ0) is 14.0. The first-order valence-corrected chi connectivity index (χ1v) is 6.30. The van der Waals surface area contributed by atoms with E-state index in [1.54, 1.807) is 6.92 Å². The van der Waals surface area contributed by atoms with Crippen molar-refractivity contribution in [3.8, 4) is 0 Å². The van der Waals surface area contributed by atoms with Gasteiger partial charge in [0.1, 0.15) is 5.69 Å². The van der Waals surface area contributed by atoms with Crippen LogP contribution in [0.15, 0.2) is 0 Å². The molecule has 104 valence electrons. The predicted octanol–water partition coefficient (Wildman–Crippen LogP) is 0.506. The van der Waals surface area contributed by atoms with E-state index in [-0.39, 0.29) is 11.4 Å². The van der Waals surface area contributed by atoms with Gasteiger partial charge in [-0.25, -0.2) is 4.68 Å². The summed E-state index contributed by atoms with van der Waals surface area (Å²) in [7, 11) is 0. The van der Waals surface area contributed by atoms with Crippen LogP contribution in [-0.4, -0.2) is 38.6 Å². The largest absolute Gasteiger partial charge is 0.364 e. The van der Waals surface area contributed by atoms with Crippen molar-refractivity contribution in [1.29, 1.82) is 0 Å². The van der Waals surface area contributed by atoms with E-state index >= 15 is 0 Å². The molecular weight excluding hydrogens is 250 g/mol. The Labute approximate surface area is 110 Å². The van der Waals surface area contributed by atoms with Crippen molar-refractivity contribution in [2.24, 2.45) is 5.73 Å². The van der Waals surface area contributed by atoms with Crippen LogP contribution in [0.4, 0.5) is 5.69 Å². The van der Waals surface area contributed by atoms with Crippen molar-refractivity contribution >= 4 is 11.6 Å². The van der Waals surface area contributed by atoms with Gasteiger partial charge in [-0.2, -0.15) is 5.10 Å². The van der Waals surface area contributed by atoms with Gasteiger partial charge in [0.25, 0.3) is 5.91 Å². The lowest BCUT2D eigenvalue weighted by atomic mass is 10.2. The maximum Gasteiger partial charge on any atom is 0.323 e. The number of likely N-dealkylation sites (tertiary alicyclic amines) is 1. The Morgan fingerprint density at radius 1 is 1.47 bits per heavy atom. The summed E-state index contributed by atoms with van der Waals surface area (Å²) in [5.74, 6) is -0.807. The normalized spacial score (nSPS) is 15.8. The molecule has 0 aromatic carbocycles. The number of nitro groups is 1. The molecule has 1 aliphatic heterocycles. The number of primary amides is 1. The maximum absolute atomic E-state index is 11.5. The molecule has 1 aromatic heterocycles. The molecular formula is C11H17N5O3. The standard InChI is InChI=1S/C11H17N5O3/c1-2-8-9(16(18)19)10(11(12)17)15(13-8)7-14-5-3-4-6-14/h2-7H2,1H3,(H2,12,17). The van der Waals surface area contributed by atoms with E-state index in [2.05, 4.69) is 10.00 Å². The molecule has 2 N–H and O–H groups in total. The van der Waals surface area contributed by atoms with E-state index in [0.717, 1.165) is 25.9 Å². The van der Waals surface area contributed by atoms with Crippen LogP contribution in [0.3, 0.4) is 0 Å². The van der Waals surface area contributed by atoms with E-state index in [9.17, 15) is 14.9 Å². The minimum absolute atomic E-state index is 0.103. The van der Waals surface area contributed by atoms with Crippen LogP contribution in [0.5, 0.6) is 0 Å². The van der Waals surface area contributed by atoms with Gasteiger partial charge in [0.2, 0.25) is 5.69 Å². The molecule has 1 aromatic rings. The van der Waals surface area contributed by atoms with Crippen molar-refractivity contribution in [3.63, 3.8) is 0 Å². The zero-order valence-corrected chi connectivity index (χ0v) is 10.8. The molecule has 1 aliphatic rings. The Kier molecular flexibility index (Phi) is 3.79. The lowest BCUT2D eigenvalue weighted by Gasteiger charge is -2.15. The van der Waals surface area contributed by atoms with Gasteiger partial charge in [0.05, 0.1) is 11.6 Å². The van der Waals surface area contributed by atoms with Gasteiger partial charge in [-0.15, -0.1) is 0 Å². The Morgan fingerprint density at radius 2 is 2.11 bits per heavy atom. The fourth-order valence-electron chi connectivity index (χ4n) is 2.39. The molecule has 0 aliphatic carbocycles. The van der Waals surface area contributed by atoms with Crippen molar-refractivity contribution in [3.05, 3.63) is 21.5 Å². The topological polar surface area (TPSA) is 107 Å². The lowest BCUT2D eigenvalue weighted by molar-refractivity contribution is -0.385. The van der Waals surface area contributed by atoms with Crippen LogP contribution < -0.4 is 5.73 Å². The second kappa shape index (κ2) is 5.35. The van der Waals surface area contributed by atoms with Crippen molar-refractivity contribution in [2.45, 2.75) is 32.9 Å². The molecule has 2 heterocycles. The van der Waals surface area contributed by atoms with Crippen LogP contribution in [0.25, 0.3) is 0 Å². The quantitative estimate of drug-likeness (QED) is 0.617. The van der Waals surface area contributed by atoms with Crippen molar-refractivity contribution < 1.29 is 9.72 Å². The highest BCUT2D eigenvalue weighted by molar-refractivity contribution is 5.95. The molecule has 1 amide bonds. The second-order valence-electron chi connectivity index (χ2n) is 4.58. The SMILES string of the molecule is CCc1nn(CN2CCCC2)c(C(N)=O)c1[N+](=O)[O-]. The van der Waals surface area contributed by atoms with E-state index in [1.807, 2.05) is 0 Å². The first-order chi connectivity index (χ1) is 9.04. The highest BCUT2D eigenvalue weighted by atomic mass is 16.6. The Morgan fingerprint density at radius 3 is 2.58 bits per heavy atom. The molecule has 0 bridgehead atoms. The molecule has 8 heteroatoms. The molecule has 2 rings (SSSR count). The minimum Gasteiger partial charge on any atom is -0.364 e. The number of hydrogen-bond acceptors (Lipinski definition) is 5. The van der Waals surface area contributed by atoms with Crippen LogP contribution in [0.1, 0.15) is 35.9 Å². The van der Waals surface area contributed by atoms with E-state index in [4.69, 9.17) is 5.73 Å².